The molecule has 0 unspecified atom stereocenters. The van der Waals surface area contributed by atoms with Crippen LogP contribution in [0.2, 0.25) is 0 Å². The van der Waals surface area contributed by atoms with Crippen molar-refractivity contribution in [2.24, 2.45) is 5.92 Å². The van der Waals surface area contributed by atoms with Gasteiger partial charge in [0.2, 0.25) is 0 Å². The molecule has 1 N–H and O–H groups in total. The Kier molecular flexibility index (Phi) is 5.95. The van der Waals surface area contributed by atoms with Crippen LogP contribution in [0.1, 0.15) is 30.8 Å². The Morgan fingerprint density at radius 3 is 2.63 bits per heavy atom. The quantitative estimate of drug-likeness (QED) is 0.688. The first kappa shape index (κ1) is 21.5. The van der Waals surface area contributed by atoms with Gasteiger partial charge >= 0.3 is 12.3 Å². The normalized spacial score (nSPS) is 14.1. The molecule has 30 heavy (non-hydrogen) atoms. The number of carbonyl (C=O) groups excluding carboxylic acids is 2. The Balaban J connectivity index is 1.52. The first-order valence-electron chi connectivity index (χ1n) is 9.42. The van der Waals surface area contributed by atoms with Crippen LogP contribution >= 0.6 is 0 Å². The highest BCUT2D eigenvalue weighted by Crippen LogP contribution is 2.42. The van der Waals surface area contributed by atoms with Crippen molar-refractivity contribution in [3.05, 3.63) is 35.2 Å². The van der Waals surface area contributed by atoms with E-state index in [0.717, 1.165) is 23.5 Å². The van der Waals surface area contributed by atoms with Crippen LogP contribution in [0.3, 0.4) is 0 Å². The van der Waals surface area contributed by atoms with Gasteiger partial charge in [-0.1, -0.05) is 13.8 Å². The van der Waals surface area contributed by atoms with E-state index >= 15 is 0 Å². The Bertz CT molecular complexity index is 972. The van der Waals surface area contributed by atoms with Crippen LogP contribution in [0, 0.1) is 19.8 Å². The minimum atomic E-state index is -3.74. The van der Waals surface area contributed by atoms with Crippen LogP contribution in [0.25, 0.3) is 0 Å². The van der Waals surface area contributed by atoms with Gasteiger partial charge < -0.3 is 19.5 Å². The number of nitrogens with one attached hydrogen (secondary N) is 1. The number of rotatable bonds is 7. The molecule has 0 aliphatic carbocycles. The first-order valence-corrected chi connectivity index (χ1v) is 9.42. The Morgan fingerprint density at radius 2 is 1.93 bits per heavy atom. The van der Waals surface area contributed by atoms with Crippen molar-refractivity contribution in [1.29, 1.82) is 0 Å². The smallest absolute Gasteiger partial charge is 0.455 e. The number of halogens is 2. The lowest BCUT2D eigenvalue weighted by Crippen LogP contribution is -2.25. The molecule has 1 aliphatic heterocycles. The van der Waals surface area contributed by atoms with Gasteiger partial charge in [0.25, 0.3) is 5.91 Å². The van der Waals surface area contributed by atoms with Gasteiger partial charge in [-0.15, -0.1) is 8.78 Å². The summed E-state index contributed by atoms with van der Waals surface area (Å²) in [5.41, 5.74) is 2.61. The standard InChI is InChI=1S/C20H23F2N3O5/c1-11(2)9-25-13(4)15(12(3)24-25)8-19(27)28-10-18(26)23-14-5-6-16-17(7-14)30-20(21,22)29-16/h5-7,11H,8-10H2,1-4H3,(H,23,26). The fourth-order valence-electron chi connectivity index (χ4n) is 3.08. The van der Waals surface area contributed by atoms with E-state index in [9.17, 15) is 18.4 Å². The second-order valence-electron chi connectivity index (χ2n) is 7.44. The minimum absolute atomic E-state index is 0.00213. The van der Waals surface area contributed by atoms with Gasteiger partial charge in [0, 0.05) is 29.6 Å². The summed E-state index contributed by atoms with van der Waals surface area (Å²) >= 11 is 0. The molecule has 0 atom stereocenters. The number of aromatic nitrogens is 2. The number of alkyl halides is 2. The predicted octanol–water partition coefficient (Wildman–Crippen LogP) is 3.20. The molecule has 1 aromatic heterocycles. The fraction of sp³-hybridized carbons (Fsp3) is 0.450. The molecule has 0 saturated heterocycles. The zero-order chi connectivity index (χ0) is 22.1. The molecule has 0 fully saturated rings. The van der Waals surface area contributed by atoms with Crippen molar-refractivity contribution in [1.82, 2.24) is 9.78 Å². The van der Waals surface area contributed by atoms with Crippen molar-refractivity contribution >= 4 is 17.6 Å². The van der Waals surface area contributed by atoms with Crippen molar-refractivity contribution in [2.75, 3.05) is 11.9 Å². The Morgan fingerprint density at radius 1 is 1.23 bits per heavy atom. The Labute approximate surface area is 172 Å². The molecule has 1 aliphatic rings. The largest absolute Gasteiger partial charge is 0.586 e. The Hall–Kier alpha value is -3.17. The van der Waals surface area contributed by atoms with Gasteiger partial charge in [-0.2, -0.15) is 5.10 Å². The van der Waals surface area contributed by atoms with E-state index in [1.165, 1.54) is 18.2 Å². The molecule has 2 aromatic rings. The SMILES string of the molecule is Cc1nn(CC(C)C)c(C)c1CC(=O)OCC(=O)Nc1ccc2c(c1)OC(F)(F)O2. The summed E-state index contributed by atoms with van der Waals surface area (Å²) in [5, 5.41) is 6.90. The molecule has 0 bridgehead atoms. The summed E-state index contributed by atoms with van der Waals surface area (Å²) in [6.45, 7) is 8.10. The van der Waals surface area contributed by atoms with Crippen molar-refractivity contribution in [3.8, 4) is 11.5 Å². The van der Waals surface area contributed by atoms with Crippen LogP contribution in [-0.4, -0.2) is 34.6 Å². The molecule has 0 radical (unpaired) electrons. The number of hydrogen-bond acceptors (Lipinski definition) is 6. The molecular weight excluding hydrogens is 400 g/mol. The number of anilines is 1. The number of carbonyl (C=O) groups is 2. The van der Waals surface area contributed by atoms with Crippen LogP contribution in [0.5, 0.6) is 11.5 Å². The molecule has 0 spiro atoms. The van der Waals surface area contributed by atoms with Gasteiger partial charge in [0.05, 0.1) is 12.1 Å². The molecular formula is C20H23F2N3O5. The summed E-state index contributed by atoms with van der Waals surface area (Å²) in [6.07, 6.45) is -3.73. The number of aryl methyl sites for hydroxylation is 1. The average Bonchev–Trinajstić information content (AvgIpc) is 3.08. The zero-order valence-electron chi connectivity index (χ0n) is 17.1. The molecule has 8 nitrogen and oxygen atoms in total. The number of benzene rings is 1. The van der Waals surface area contributed by atoms with E-state index in [1.807, 2.05) is 18.5 Å². The van der Waals surface area contributed by atoms with Crippen molar-refractivity contribution in [2.45, 2.75) is 47.0 Å². The second kappa shape index (κ2) is 8.29. The maximum atomic E-state index is 13.0. The van der Waals surface area contributed by atoms with Crippen LogP contribution in [0.4, 0.5) is 14.5 Å². The second-order valence-corrected chi connectivity index (χ2v) is 7.44. The lowest BCUT2D eigenvalue weighted by molar-refractivity contribution is -0.286. The van der Waals surface area contributed by atoms with E-state index in [4.69, 9.17) is 4.74 Å². The van der Waals surface area contributed by atoms with Crippen LogP contribution in [-0.2, 0) is 27.3 Å². The molecule has 162 valence electrons. The lowest BCUT2D eigenvalue weighted by atomic mass is 10.1. The number of fused-ring (bicyclic) bond motifs is 1. The molecule has 1 aromatic carbocycles. The first-order chi connectivity index (χ1) is 14.0. The number of amides is 1. The third-order valence-electron chi connectivity index (χ3n) is 4.44. The number of hydrogen-bond donors (Lipinski definition) is 1. The summed E-state index contributed by atoms with van der Waals surface area (Å²) < 4.78 is 41.6. The summed E-state index contributed by atoms with van der Waals surface area (Å²) in [4.78, 5) is 24.2. The lowest BCUT2D eigenvalue weighted by Gasteiger charge is -2.09. The average molecular weight is 423 g/mol. The van der Waals surface area contributed by atoms with E-state index in [2.05, 4.69) is 33.7 Å². The highest BCUT2D eigenvalue weighted by atomic mass is 19.3. The highest BCUT2D eigenvalue weighted by Gasteiger charge is 2.43. The summed E-state index contributed by atoms with van der Waals surface area (Å²) in [5.74, 6) is -1.09. The molecule has 3 rings (SSSR count). The maximum Gasteiger partial charge on any atom is 0.586 e. The molecule has 0 saturated carbocycles. The van der Waals surface area contributed by atoms with Gasteiger partial charge in [-0.05, 0) is 31.9 Å². The highest BCUT2D eigenvalue weighted by molar-refractivity contribution is 5.93. The van der Waals surface area contributed by atoms with Gasteiger partial charge in [0.1, 0.15) is 0 Å². The zero-order valence-corrected chi connectivity index (χ0v) is 17.1. The molecule has 1 amide bonds. The number of ether oxygens (including phenoxy) is 3. The topological polar surface area (TPSA) is 91.7 Å². The minimum Gasteiger partial charge on any atom is -0.455 e. The van der Waals surface area contributed by atoms with Gasteiger partial charge in [0.15, 0.2) is 18.1 Å². The fourth-order valence-corrected chi connectivity index (χ4v) is 3.08. The molecule has 10 heteroatoms. The van der Waals surface area contributed by atoms with Crippen LogP contribution < -0.4 is 14.8 Å². The summed E-state index contributed by atoms with van der Waals surface area (Å²) in [6, 6.07) is 3.82. The van der Waals surface area contributed by atoms with E-state index < -0.39 is 24.8 Å². The maximum absolute atomic E-state index is 13.0. The predicted molar refractivity (Wildman–Crippen MR) is 102 cm³/mol. The number of nitrogens with zero attached hydrogens (tertiary/aromatic N) is 2. The van der Waals surface area contributed by atoms with Crippen molar-refractivity contribution < 1.29 is 32.6 Å². The van der Waals surface area contributed by atoms with Gasteiger partial charge in [-0.3, -0.25) is 14.3 Å². The van der Waals surface area contributed by atoms with E-state index in [0.29, 0.717) is 5.92 Å². The van der Waals surface area contributed by atoms with Gasteiger partial charge in [-0.25, -0.2) is 0 Å². The number of esters is 1. The third kappa shape index (κ3) is 5.05. The summed E-state index contributed by atoms with van der Waals surface area (Å²) in [7, 11) is 0. The molecule has 2 heterocycles. The van der Waals surface area contributed by atoms with Crippen LogP contribution in [0.15, 0.2) is 18.2 Å². The van der Waals surface area contributed by atoms with Crippen molar-refractivity contribution in [3.63, 3.8) is 0 Å². The van der Waals surface area contributed by atoms with E-state index in [-0.39, 0.29) is 23.6 Å². The monoisotopic (exact) mass is 423 g/mol. The third-order valence-corrected chi connectivity index (χ3v) is 4.44. The van der Waals surface area contributed by atoms with E-state index in [1.54, 1.807) is 0 Å².